The Morgan fingerprint density at radius 3 is 2.81 bits per heavy atom. The topological polar surface area (TPSA) is 39.1 Å². The minimum atomic E-state index is 0.837. The number of rotatable bonds is 3. The molecule has 0 aliphatic rings. The number of aromatic nitrogens is 2. The molecule has 1 N–H and O–H groups in total. The Morgan fingerprint density at radius 1 is 1.38 bits per heavy atom. The summed E-state index contributed by atoms with van der Waals surface area (Å²) in [6.07, 6.45) is 1.81. The summed E-state index contributed by atoms with van der Waals surface area (Å²) in [6, 6.07) is 7.80. The molecular formula is C12H15N3O. The fourth-order valence-corrected chi connectivity index (χ4v) is 1.47. The second kappa shape index (κ2) is 4.26. The zero-order valence-electron chi connectivity index (χ0n) is 9.69. The summed E-state index contributed by atoms with van der Waals surface area (Å²) < 4.78 is 7.17. The first-order valence-electron chi connectivity index (χ1n) is 5.10. The van der Waals surface area contributed by atoms with Gasteiger partial charge >= 0.3 is 0 Å². The number of imidazole rings is 1. The molecule has 0 saturated carbocycles. The Morgan fingerprint density at radius 2 is 2.19 bits per heavy atom. The molecule has 0 radical (unpaired) electrons. The van der Waals surface area contributed by atoms with Crippen molar-refractivity contribution in [3.05, 3.63) is 36.3 Å². The molecule has 0 atom stereocenters. The average Bonchev–Trinajstić information content (AvgIpc) is 2.61. The summed E-state index contributed by atoms with van der Waals surface area (Å²) in [4.78, 5) is 4.22. The predicted octanol–water partition coefficient (Wildman–Crippen LogP) is 2.48. The van der Waals surface area contributed by atoms with Crippen LogP contribution in [0.25, 0.3) is 0 Å². The molecule has 0 amide bonds. The smallest absolute Gasteiger partial charge is 0.130 e. The fraction of sp³-hybridized carbons (Fsp3) is 0.250. The Hall–Kier alpha value is -1.97. The van der Waals surface area contributed by atoms with Crippen molar-refractivity contribution in [2.24, 2.45) is 7.05 Å². The minimum Gasteiger partial charge on any atom is -0.497 e. The molecule has 2 rings (SSSR count). The third-order valence-corrected chi connectivity index (χ3v) is 2.56. The van der Waals surface area contributed by atoms with Gasteiger partial charge in [-0.25, -0.2) is 4.98 Å². The van der Waals surface area contributed by atoms with E-state index in [1.807, 2.05) is 49.0 Å². The van der Waals surface area contributed by atoms with Crippen molar-refractivity contribution in [1.29, 1.82) is 0 Å². The Labute approximate surface area is 94.9 Å². The second-order valence-electron chi connectivity index (χ2n) is 3.61. The van der Waals surface area contributed by atoms with Crippen molar-refractivity contribution >= 4 is 11.5 Å². The van der Waals surface area contributed by atoms with Gasteiger partial charge in [-0.15, -0.1) is 0 Å². The van der Waals surface area contributed by atoms with E-state index in [0.717, 1.165) is 23.1 Å². The molecule has 0 fully saturated rings. The molecule has 1 aromatic carbocycles. The molecule has 0 aliphatic heterocycles. The molecular weight excluding hydrogens is 202 g/mol. The summed E-state index contributed by atoms with van der Waals surface area (Å²) >= 11 is 0. The van der Waals surface area contributed by atoms with Crippen LogP contribution in [0.1, 0.15) is 5.82 Å². The van der Waals surface area contributed by atoms with E-state index in [4.69, 9.17) is 4.74 Å². The molecule has 84 valence electrons. The zero-order valence-corrected chi connectivity index (χ0v) is 9.69. The van der Waals surface area contributed by atoms with E-state index >= 15 is 0 Å². The van der Waals surface area contributed by atoms with Gasteiger partial charge < -0.3 is 14.6 Å². The lowest BCUT2D eigenvalue weighted by Gasteiger charge is -2.08. The summed E-state index contributed by atoms with van der Waals surface area (Å²) in [5.74, 6) is 2.78. The molecule has 0 saturated heterocycles. The minimum absolute atomic E-state index is 0.837. The van der Waals surface area contributed by atoms with Gasteiger partial charge in [-0.05, 0) is 19.1 Å². The highest BCUT2D eigenvalue weighted by atomic mass is 16.5. The van der Waals surface area contributed by atoms with Gasteiger partial charge in [-0.2, -0.15) is 0 Å². The quantitative estimate of drug-likeness (QED) is 0.858. The standard InChI is InChI=1S/C12H15N3O/c1-9-13-8-12(15(9)2)14-10-5-4-6-11(7-10)16-3/h4-8,14H,1-3H3. The molecule has 4 heteroatoms. The van der Waals surface area contributed by atoms with Gasteiger partial charge in [0.1, 0.15) is 17.4 Å². The number of benzene rings is 1. The average molecular weight is 217 g/mol. The molecule has 0 bridgehead atoms. The van der Waals surface area contributed by atoms with Gasteiger partial charge in [0, 0.05) is 18.8 Å². The second-order valence-corrected chi connectivity index (χ2v) is 3.61. The van der Waals surface area contributed by atoms with Gasteiger partial charge in [0.25, 0.3) is 0 Å². The van der Waals surface area contributed by atoms with E-state index in [0.29, 0.717) is 0 Å². The van der Waals surface area contributed by atoms with E-state index in [-0.39, 0.29) is 0 Å². The normalized spacial score (nSPS) is 10.2. The monoisotopic (exact) mass is 217 g/mol. The molecule has 2 aromatic rings. The first-order valence-corrected chi connectivity index (χ1v) is 5.10. The first-order chi connectivity index (χ1) is 7.70. The van der Waals surface area contributed by atoms with Gasteiger partial charge in [-0.3, -0.25) is 0 Å². The van der Waals surface area contributed by atoms with E-state index in [2.05, 4.69) is 10.3 Å². The number of hydrogen-bond donors (Lipinski definition) is 1. The van der Waals surface area contributed by atoms with Gasteiger partial charge in [0.05, 0.1) is 13.3 Å². The van der Waals surface area contributed by atoms with Crippen LogP contribution in [-0.4, -0.2) is 16.7 Å². The molecule has 0 aliphatic carbocycles. The maximum absolute atomic E-state index is 5.17. The largest absolute Gasteiger partial charge is 0.497 e. The number of hydrogen-bond acceptors (Lipinski definition) is 3. The van der Waals surface area contributed by atoms with Crippen molar-refractivity contribution in [2.75, 3.05) is 12.4 Å². The Kier molecular flexibility index (Phi) is 2.81. The van der Waals surface area contributed by atoms with Crippen molar-refractivity contribution < 1.29 is 4.74 Å². The van der Waals surface area contributed by atoms with Crippen molar-refractivity contribution in [3.63, 3.8) is 0 Å². The van der Waals surface area contributed by atoms with Crippen molar-refractivity contribution in [1.82, 2.24) is 9.55 Å². The lowest BCUT2D eigenvalue weighted by molar-refractivity contribution is 0.415. The number of ether oxygens (including phenoxy) is 1. The van der Waals surface area contributed by atoms with Crippen LogP contribution in [0.3, 0.4) is 0 Å². The summed E-state index contributed by atoms with van der Waals surface area (Å²) in [5.41, 5.74) is 0.988. The van der Waals surface area contributed by atoms with E-state index in [1.165, 1.54) is 0 Å². The van der Waals surface area contributed by atoms with E-state index < -0.39 is 0 Å². The molecule has 1 aromatic heterocycles. The Balaban J connectivity index is 2.23. The molecule has 16 heavy (non-hydrogen) atoms. The first kappa shape index (κ1) is 10.5. The van der Waals surface area contributed by atoms with Gasteiger partial charge in [0.2, 0.25) is 0 Å². The highest BCUT2D eigenvalue weighted by Gasteiger charge is 2.02. The van der Waals surface area contributed by atoms with Crippen LogP contribution in [0.4, 0.5) is 11.5 Å². The Bertz CT molecular complexity index is 491. The number of methoxy groups -OCH3 is 1. The SMILES string of the molecule is COc1cccc(Nc2cnc(C)n2C)c1. The third-order valence-electron chi connectivity index (χ3n) is 2.56. The van der Waals surface area contributed by atoms with Crippen LogP contribution in [0.2, 0.25) is 0 Å². The van der Waals surface area contributed by atoms with Crippen molar-refractivity contribution in [2.45, 2.75) is 6.92 Å². The van der Waals surface area contributed by atoms with Crippen LogP contribution in [0.5, 0.6) is 5.75 Å². The molecule has 1 heterocycles. The maximum atomic E-state index is 5.17. The van der Waals surface area contributed by atoms with Crippen molar-refractivity contribution in [3.8, 4) is 5.75 Å². The maximum Gasteiger partial charge on any atom is 0.130 e. The lowest BCUT2D eigenvalue weighted by Crippen LogP contribution is -1.99. The van der Waals surface area contributed by atoms with Gasteiger partial charge in [0.15, 0.2) is 0 Å². The summed E-state index contributed by atoms with van der Waals surface area (Å²) in [7, 11) is 3.64. The zero-order chi connectivity index (χ0) is 11.5. The van der Waals surface area contributed by atoms with Crippen LogP contribution in [0.15, 0.2) is 30.5 Å². The molecule has 0 spiro atoms. The van der Waals surface area contributed by atoms with E-state index in [9.17, 15) is 0 Å². The summed E-state index contributed by atoms with van der Waals surface area (Å²) in [5, 5.41) is 3.29. The highest BCUT2D eigenvalue weighted by molar-refractivity contribution is 5.58. The lowest BCUT2D eigenvalue weighted by atomic mass is 10.3. The third kappa shape index (κ3) is 2.00. The van der Waals surface area contributed by atoms with Crippen LogP contribution in [0, 0.1) is 6.92 Å². The van der Waals surface area contributed by atoms with Crippen LogP contribution >= 0.6 is 0 Å². The highest BCUT2D eigenvalue weighted by Crippen LogP contribution is 2.21. The van der Waals surface area contributed by atoms with Crippen LogP contribution < -0.4 is 10.1 Å². The number of aryl methyl sites for hydroxylation is 1. The number of anilines is 2. The van der Waals surface area contributed by atoms with E-state index in [1.54, 1.807) is 7.11 Å². The predicted molar refractivity (Wildman–Crippen MR) is 64.2 cm³/mol. The fourth-order valence-electron chi connectivity index (χ4n) is 1.47. The van der Waals surface area contributed by atoms with Gasteiger partial charge in [-0.1, -0.05) is 6.07 Å². The molecule has 0 unspecified atom stereocenters. The summed E-state index contributed by atoms with van der Waals surface area (Å²) in [6.45, 7) is 1.97. The number of nitrogens with one attached hydrogen (secondary N) is 1. The van der Waals surface area contributed by atoms with Crippen LogP contribution in [-0.2, 0) is 7.05 Å². The number of nitrogens with zero attached hydrogens (tertiary/aromatic N) is 2. The molecule has 4 nitrogen and oxygen atoms in total.